The lowest BCUT2D eigenvalue weighted by molar-refractivity contribution is -0.113. The van der Waals surface area contributed by atoms with Crippen molar-refractivity contribution in [3.63, 3.8) is 0 Å². The van der Waals surface area contributed by atoms with Crippen LogP contribution in [0, 0.1) is 0 Å². The quantitative estimate of drug-likeness (QED) is 0.476. The molecule has 0 atom stereocenters. The Hall–Kier alpha value is -3.40. The summed E-state index contributed by atoms with van der Waals surface area (Å²) in [6, 6.07) is 13.8. The number of methoxy groups -OCH3 is 2. The molecule has 0 radical (unpaired) electrons. The Labute approximate surface area is 165 Å². The Balaban J connectivity index is 1.69. The van der Waals surface area contributed by atoms with Crippen molar-refractivity contribution >= 4 is 29.3 Å². The first-order chi connectivity index (χ1) is 13.6. The van der Waals surface area contributed by atoms with Crippen molar-refractivity contribution < 1.29 is 19.1 Å². The highest BCUT2D eigenvalue weighted by Crippen LogP contribution is 2.24. The average molecular weight is 399 g/mol. The molecule has 3 aromatic rings. The van der Waals surface area contributed by atoms with Gasteiger partial charge in [-0.3, -0.25) is 4.79 Å². The van der Waals surface area contributed by atoms with E-state index in [0.29, 0.717) is 27.8 Å². The second kappa shape index (κ2) is 9.00. The molecule has 1 N–H and O–H groups in total. The van der Waals surface area contributed by atoms with E-state index in [4.69, 9.17) is 9.47 Å². The molecule has 1 aromatic heterocycles. The number of esters is 1. The second-order valence-corrected chi connectivity index (χ2v) is 6.39. The second-order valence-electron chi connectivity index (χ2n) is 5.45. The van der Waals surface area contributed by atoms with Gasteiger partial charge in [-0.2, -0.15) is 4.68 Å². The van der Waals surface area contributed by atoms with Gasteiger partial charge in [-0.25, -0.2) is 4.79 Å². The molecule has 9 nitrogen and oxygen atoms in total. The number of carbonyl (C=O) groups is 2. The number of ether oxygens (including phenoxy) is 2. The highest BCUT2D eigenvalue weighted by molar-refractivity contribution is 7.99. The van der Waals surface area contributed by atoms with Crippen LogP contribution in [-0.4, -0.2) is 52.1 Å². The lowest BCUT2D eigenvalue weighted by Gasteiger charge is -2.09. The molecule has 0 saturated carbocycles. The van der Waals surface area contributed by atoms with Gasteiger partial charge in [0.15, 0.2) is 0 Å². The van der Waals surface area contributed by atoms with Crippen LogP contribution in [0.2, 0.25) is 0 Å². The minimum absolute atomic E-state index is 0.0924. The predicted octanol–water partition coefficient (Wildman–Crippen LogP) is 2.19. The number of amides is 1. The molecule has 144 valence electrons. The first-order valence-electron chi connectivity index (χ1n) is 8.15. The smallest absolute Gasteiger partial charge is 0.337 e. The van der Waals surface area contributed by atoms with Gasteiger partial charge in [0.1, 0.15) is 5.75 Å². The van der Waals surface area contributed by atoms with Gasteiger partial charge in [-0.15, -0.1) is 5.10 Å². The Morgan fingerprint density at radius 2 is 1.96 bits per heavy atom. The van der Waals surface area contributed by atoms with Gasteiger partial charge < -0.3 is 14.8 Å². The van der Waals surface area contributed by atoms with Gasteiger partial charge in [0, 0.05) is 0 Å². The topological polar surface area (TPSA) is 108 Å². The highest BCUT2D eigenvalue weighted by atomic mass is 32.2. The molecule has 0 unspecified atom stereocenters. The molecule has 0 aliphatic carbocycles. The van der Waals surface area contributed by atoms with Crippen LogP contribution in [-0.2, 0) is 9.53 Å². The first-order valence-corrected chi connectivity index (χ1v) is 9.13. The van der Waals surface area contributed by atoms with E-state index < -0.39 is 5.97 Å². The van der Waals surface area contributed by atoms with E-state index in [1.807, 2.05) is 6.07 Å². The lowest BCUT2D eigenvalue weighted by Crippen LogP contribution is -2.15. The molecule has 28 heavy (non-hydrogen) atoms. The zero-order valence-electron chi connectivity index (χ0n) is 15.2. The van der Waals surface area contributed by atoms with Crippen LogP contribution < -0.4 is 10.1 Å². The van der Waals surface area contributed by atoms with Crippen molar-refractivity contribution in [1.29, 1.82) is 0 Å². The highest BCUT2D eigenvalue weighted by Gasteiger charge is 2.14. The number of hydrogen-bond donors (Lipinski definition) is 1. The van der Waals surface area contributed by atoms with Gasteiger partial charge in [-0.1, -0.05) is 30.0 Å². The number of carbonyl (C=O) groups excluding carboxylic acids is 2. The van der Waals surface area contributed by atoms with Crippen LogP contribution in [0.25, 0.3) is 5.69 Å². The van der Waals surface area contributed by atoms with Crippen LogP contribution in [0.5, 0.6) is 5.75 Å². The lowest BCUT2D eigenvalue weighted by atomic mass is 10.2. The number of nitrogens with one attached hydrogen (secondary N) is 1. The summed E-state index contributed by atoms with van der Waals surface area (Å²) in [6.45, 7) is 0. The number of rotatable bonds is 7. The van der Waals surface area contributed by atoms with E-state index in [1.165, 1.54) is 30.7 Å². The molecule has 1 heterocycles. The fourth-order valence-electron chi connectivity index (χ4n) is 2.38. The average Bonchev–Trinajstić information content (AvgIpc) is 3.21. The van der Waals surface area contributed by atoms with E-state index >= 15 is 0 Å². The van der Waals surface area contributed by atoms with Crippen molar-refractivity contribution in [2.75, 3.05) is 25.3 Å². The maximum Gasteiger partial charge on any atom is 0.337 e. The molecule has 10 heteroatoms. The van der Waals surface area contributed by atoms with Gasteiger partial charge in [0.2, 0.25) is 11.1 Å². The number of nitrogens with zero attached hydrogens (tertiary/aromatic N) is 4. The molecular weight excluding hydrogens is 382 g/mol. The van der Waals surface area contributed by atoms with Crippen LogP contribution in [0.1, 0.15) is 10.4 Å². The van der Waals surface area contributed by atoms with E-state index in [-0.39, 0.29) is 11.7 Å². The van der Waals surface area contributed by atoms with Crippen molar-refractivity contribution in [1.82, 2.24) is 20.2 Å². The molecule has 0 aliphatic heterocycles. The van der Waals surface area contributed by atoms with Crippen LogP contribution in [0.15, 0.2) is 53.7 Å². The Bertz CT molecular complexity index is 991. The molecule has 0 saturated heterocycles. The summed E-state index contributed by atoms with van der Waals surface area (Å²) in [4.78, 5) is 24.0. The number of thioether (sulfide) groups is 1. The third-order valence-electron chi connectivity index (χ3n) is 3.67. The number of hydrogen-bond acceptors (Lipinski definition) is 8. The number of para-hydroxylation sites is 2. The zero-order valence-corrected chi connectivity index (χ0v) is 16.0. The third kappa shape index (κ3) is 4.46. The SMILES string of the molecule is COC(=O)c1cccc(-n2nnnc2SCC(=O)Nc2ccccc2OC)c1. The number of benzene rings is 2. The fourth-order valence-corrected chi connectivity index (χ4v) is 3.07. The van der Waals surface area contributed by atoms with E-state index in [1.54, 1.807) is 42.5 Å². The largest absolute Gasteiger partial charge is 0.495 e. The minimum atomic E-state index is -0.458. The first kappa shape index (κ1) is 19.4. The molecule has 0 aliphatic rings. The van der Waals surface area contributed by atoms with Crippen molar-refractivity contribution in [2.45, 2.75) is 5.16 Å². The zero-order chi connectivity index (χ0) is 19.9. The van der Waals surface area contributed by atoms with Crippen molar-refractivity contribution in [3.05, 3.63) is 54.1 Å². The summed E-state index contributed by atoms with van der Waals surface area (Å²) >= 11 is 1.17. The Morgan fingerprint density at radius 3 is 2.75 bits per heavy atom. The number of anilines is 1. The monoisotopic (exact) mass is 399 g/mol. The summed E-state index contributed by atoms with van der Waals surface area (Å²) in [5.74, 6) is -0.0206. The predicted molar refractivity (Wildman–Crippen MR) is 103 cm³/mol. The molecule has 0 spiro atoms. The molecule has 0 fully saturated rings. The molecular formula is C18H17N5O4S. The molecule has 0 bridgehead atoms. The summed E-state index contributed by atoms with van der Waals surface area (Å²) in [5, 5.41) is 14.7. The van der Waals surface area contributed by atoms with Crippen LogP contribution in [0.4, 0.5) is 5.69 Å². The summed E-state index contributed by atoms with van der Waals surface area (Å²) in [5.41, 5.74) is 1.54. The Kier molecular flexibility index (Phi) is 6.22. The maximum atomic E-state index is 12.3. The van der Waals surface area contributed by atoms with Gasteiger partial charge in [0.25, 0.3) is 0 Å². The summed E-state index contributed by atoms with van der Waals surface area (Å²) in [6.07, 6.45) is 0. The minimum Gasteiger partial charge on any atom is -0.495 e. The van der Waals surface area contributed by atoms with Crippen LogP contribution >= 0.6 is 11.8 Å². The summed E-state index contributed by atoms with van der Waals surface area (Å²) in [7, 11) is 2.85. The standard InChI is InChI=1S/C18H17N5O4S/c1-26-15-9-4-3-8-14(15)19-16(24)11-28-18-20-21-22-23(18)13-7-5-6-12(10-13)17(25)27-2/h3-10H,11H2,1-2H3,(H,19,24). The van der Waals surface area contributed by atoms with Gasteiger partial charge in [-0.05, 0) is 40.8 Å². The molecule has 3 rings (SSSR count). The van der Waals surface area contributed by atoms with Crippen LogP contribution in [0.3, 0.4) is 0 Å². The summed E-state index contributed by atoms with van der Waals surface area (Å²) < 4.78 is 11.4. The molecule has 1 amide bonds. The van der Waals surface area contributed by atoms with E-state index in [0.717, 1.165) is 0 Å². The third-order valence-corrected chi connectivity index (χ3v) is 4.59. The number of aromatic nitrogens is 4. The Morgan fingerprint density at radius 1 is 1.14 bits per heavy atom. The van der Waals surface area contributed by atoms with E-state index in [9.17, 15) is 9.59 Å². The van der Waals surface area contributed by atoms with Gasteiger partial charge >= 0.3 is 5.97 Å². The maximum absolute atomic E-state index is 12.3. The number of tetrazole rings is 1. The normalized spacial score (nSPS) is 10.4. The van der Waals surface area contributed by atoms with Gasteiger partial charge in [0.05, 0.1) is 36.9 Å². The van der Waals surface area contributed by atoms with Crippen molar-refractivity contribution in [3.8, 4) is 11.4 Å². The van der Waals surface area contributed by atoms with Crippen molar-refractivity contribution in [2.24, 2.45) is 0 Å². The van der Waals surface area contributed by atoms with E-state index in [2.05, 4.69) is 20.8 Å². The fraction of sp³-hybridized carbons (Fsp3) is 0.167. The molecule has 2 aromatic carbocycles.